The van der Waals surface area contributed by atoms with Crippen molar-refractivity contribution < 1.29 is 17.9 Å². The summed E-state index contributed by atoms with van der Waals surface area (Å²) < 4.78 is 36.6. The highest BCUT2D eigenvalue weighted by molar-refractivity contribution is 7.89. The van der Waals surface area contributed by atoms with Gasteiger partial charge in [0.25, 0.3) is 0 Å². The molecule has 0 aliphatic carbocycles. The van der Waals surface area contributed by atoms with Crippen molar-refractivity contribution in [2.45, 2.75) is 17.9 Å². The van der Waals surface area contributed by atoms with Gasteiger partial charge in [-0.15, -0.1) is 0 Å². The molecule has 1 aliphatic heterocycles. The summed E-state index contributed by atoms with van der Waals surface area (Å²) in [5.41, 5.74) is 5.63. The largest absolute Gasteiger partial charge is 0.486 e. The quantitative estimate of drug-likeness (QED) is 0.867. The maximum atomic E-state index is 12.3. The van der Waals surface area contributed by atoms with Gasteiger partial charge in [0.1, 0.15) is 13.2 Å². The summed E-state index contributed by atoms with van der Waals surface area (Å²) in [6.45, 7) is 2.92. The van der Waals surface area contributed by atoms with Crippen molar-refractivity contribution in [1.29, 1.82) is 0 Å². The smallest absolute Gasteiger partial charge is 0.243 e. The Kier molecular flexibility index (Phi) is 3.98. The minimum atomic E-state index is -3.55. The van der Waals surface area contributed by atoms with E-state index in [1.807, 2.05) is 0 Å². The Bertz CT molecular complexity index is 557. The zero-order chi connectivity index (χ0) is 14.0. The second kappa shape index (κ2) is 5.36. The van der Waals surface area contributed by atoms with Crippen molar-refractivity contribution in [3.05, 3.63) is 18.2 Å². The molecule has 1 aromatic rings. The van der Waals surface area contributed by atoms with Crippen molar-refractivity contribution in [1.82, 2.24) is 4.31 Å². The van der Waals surface area contributed by atoms with Gasteiger partial charge in [-0.2, -0.15) is 4.31 Å². The molecule has 0 amide bonds. The number of benzene rings is 1. The lowest BCUT2D eigenvalue weighted by molar-refractivity contribution is 0.171. The van der Waals surface area contributed by atoms with Gasteiger partial charge < -0.3 is 15.2 Å². The molecule has 0 fully saturated rings. The van der Waals surface area contributed by atoms with Gasteiger partial charge in [0.15, 0.2) is 11.5 Å². The van der Waals surface area contributed by atoms with Crippen LogP contribution in [0.25, 0.3) is 0 Å². The van der Waals surface area contributed by atoms with E-state index >= 15 is 0 Å². The van der Waals surface area contributed by atoms with E-state index in [0.717, 1.165) is 0 Å². The second-order valence-electron chi connectivity index (χ2n) is 4.57. The molecule has 106 valence electrons. The Hall–Kier alpha value is -1.31. The molecule has 0 spiro atoms. The second-order valence-corrected chi connectivity index (χ2v) is 6.61. The number of rotatable bonds is 4. The average Bonchev–Trinajstić information content (AvgIpc) is 2.37. The molecule has 2 N–H and O–H groups in total. The number of ether oxygens (including phenoxy) is 2. The molecule has 0 radical (unpaired) electrons. The summed E-state index contributed by atoms with van der Waals surface area (Å²) in [5, 5.41) is 0. The maximum Gasteiger partial charge on any atom is 0.243 e. The van der Waals surface area contributed by atoms with Crippen LogP contribution in [-0.4, -0.2) is 45.6 Å². The molecule has 0 bridgehead atoms. The third kappa shape index (κ3) is 2.99. The number of likely N-dealkylation sites (N-methyl/N-ethyl adjacent to an activating group) is 1. The van der Waals surface area contributed by atoms with Crippen LogP contribution in [0.4, 0.5) is 0 Å². The highest BCUT2D eigenvalue weighted by atomic mass is 32.2. The molecule has 1 aromatic carbocycles. The summed E-state index contributed by atoms with van der Waals surface area (Å²) in [6.07, 6.45) is 0. The van der Waals surface area contributed by atoms with E-state index in [1.54, 1.807) is 13.0 Å². The fraction of sp³-hybridized carbons (Fsp3) is 0.500. The summed E-state index contributed by atoms with van der Waals surface area (Å²) >= 11 is 0. The molecule has 1 heterocycles. The van der Waals surface area contributed by atoms with Gasteiger partial charge in [-0.25, -0.2) is 8.42 Å². The van der Waals surface area contributed by atoms with Crippen molar-refractivity contribution >= 4 is 10.0 Å². The Morgan fingerprint density at radius 2 is 1.95 bits per heavy atom. The molecular weight excluding hydrogens is 268 g/mol. The number of nitrogens with zero attached hydrogens (tertiary/aromatic N) is 1. The Labute approximate surface area is 113 Å². The highest BCUT2D eigenvalue weighted by Crippen LogP contribution is 2.32. The normalized spacial score (nSPS) is 16.4. The van der Waals surface area contributed by atoms with Gasteiger partial charge in [-0.3, -0.25) is 0 Å². The van der Waals surface area contributed by atoms with Crippen LogP contribution >= 0.6 is 0 Å². The molecular formula is C12H18N2O4S. The van der Waals surface area contributed by atoms with Crippen LogP contribution in [0.1, 0.15) is 6.92 Å². The van der Waals surface area contributed by atoms with E-state index in [4.69, 9.17) is 15.2 Å². The molecule has 0 saturated carbocycles. The van der Waals surface area contributed by atoms with Crippen LogP contribution in [0.2, 0.25) is 0 Å². The standard InChI is InChI=1S/C12H18N2O4S/c1-9(13)8-14(2)19(15,16)10-3-4-11-12(7-10)18-6-5-17-11/h3-4,7,9H,5-6,8,13H2,1-2H3. The number of fused-ring (bicyclic) bond motifs is 1. The Morgan fingerprint density at radius 3 is 2.58 bits per heavy atom. The van der Waals surface area contributed by atoms with E-state index in [9.17, 15) is 8.42 Å². The van der Waals surface area contributed by atoms with Crippen molar-refractivity contribution in [2.75, 3.05) is 26.8 Å². The first-order valence-electron chi connectivity index (χ1n) is 6.03. The lowest BCUT2D eigenvalue weighted by atomic mass is 10.3. The SMILES string of the molecule is CC(N)CN(C)S(=O)(=O)c1ccc2c(c1)OCCO2. The number of nitrogens with two attached hydrogens (primary N) is 1. The molecule has 19 heavy (non-hydrogen) atoms. The van der Waals surface area contributed by atoms with Gasteiger partial charge in [-0.05, 0) is 19.1 Å². The van der Waals surface area contributed by atoms with Gasteiger partial charge in [-0.1, -0.05) is 0 Å². The average molecular weight is 286 g/mol. The highest BCUT2D eigenvalue weighted by Gasteiger charge is 2.24. The summed E-state index contributed by atoms with van der Waals surface area (Å²) in [5.74, 6) is 1.03. The molecule has 2 rings (SSSR count). The third-order valence-electron chi connectivity index (χ3n) is 2.77. The predicted octanol–water partition coefficient (Wildman–Crippen LogP) is 0.425. The minimum absolute atomic E-state index is 0.180. The number of hydrogen-bond donors (Lipinski definition) is 1. The molecule has 1 atom stereocenters. The zero-order valence-electron chi connectivity index (χ0n) is 11.0. The minimum Gasteiger partial charge on any atom is -0.486 e. The molecule has 0 aromatic heterocycles. The zero-order valence-corrected chi connectivity index (χ0v) is 11.8. The maximum absolute atomic E-state index is 12.3. The van der Waals surface area contributed by atoms with Crippen LogP contribution in [0.5, 0.6) is 11.5 Å². The molecule has 0 saturated heterocycles. The Balaban J connectivity index is 2.30. The van der Waals surface area contributed by atoms with Crippen LogP contribution in [0.3, 0.4) is 0 Å². The van der Waals surface area contributed by atoms with E-state index in [2.05, 4.69) is 0 Å². The Morgan fingerprint density at radius 1 is 1.32 bits per heavy atom. The van der Waals surface area contributed by atoms with Gasteiger partial charge in [0.2, 0.25) is 10.0 Å². The van der Waals surface area contributed by atoms with E-state index in [1.165, 1.54) is 23.5 Å². The first kappa shape index (κ1) is 14.1. The molecule has 1 unspecified atom stereocenters. The van der Waals surface area contributed by atoms with Gasteiger partial charge in [0.05, 0.1) is 4.90 Å². The van der Waals surface area contributed by atoms with Crippen LogP contribution in [0, 0.1) is 0 Å². The predicted molar refractivity (Wildman–Crippen MR) is 70.9 cm³/mol. The van der Waals surface area contributed by atoms with Crippen molar-refractivity contribution in [3.63, 3.8) is 0 Å². The van der Waals surface area contributed by atoms with E-state index in [0.29, 0.717) is 24.7 Å². The van der Waals surface area contributed by atoms with Crippen molar-refractivity contribution in [3.8, 4) is 11.5 Å². The lowest BCUT2D eigenvalue weighted by Gasteiger charge is -2.22. The van der Waals surface area contributed by atoms with E-state index < -0.39 is 10.0 Å². The lowest BCUT2D eigenvalue weighted by Crippen LogP contribution is -2.37. The molecule has 7 heteroatoms. The topological polar surface area (TPSA) is 81.9 Å². The number of sulfonamides is 1. The summed E-state index contributed by atoms with van der Waals surface area (Å²) in [4.78, 5) is 0.180. The monoisotopic (exact) mass is 286 g/mol. The fourth-order valence-corrected chi connectivity index (χ4v) is 3.16. The van der Waals surface area contributed by atoms with Crippen LogP contribution < -0.4 is 15.2 Å². The fourth-order valence-electron chi connectivity index (χ4n) is 1.87. The van der Waals surface area contributed by atoms with E-state index in [-0.39, 0.29) is 17.5 Å². The molecule has 6 nitrogen and oxygen atoms in total. The van der Waals surface area contributed by atoms with Crippen LogP contribution in [0.15, 0.2) is 23.1 Å². The molecule has 1 aliphatic rings. The first-order valence-corrected chi connectivity index (χ1v) is 7.47. The number of hydrogen-bond acceptors (Lipinski definition) is 5. The van der Waals surface area contributed by atoms with Crippen LogP contribution in [-0.2, 0) is 10.0 Å². The third-order valence-corrected chi connectivity index (χ3v) is 4.59. The first-order chi connectivity index (χ1) is 8.91. The van der Waals surface area contributed by atoms with Gasteiger partial charge in [0, 0.05) is 25.7 Å². The summed E-state index contributed by atoms with van der Waals surface area (Å²) in [7, 11) is -2.04. The van der Waals surface area contributed by atoms with Gasteiger partial charge >= 0.3 is 0 Å². The summed E-state index contributed by atoms with van der Waals surface area (Å²) in [6, 6.07) is 4.39. The van der Waals surface area contributed by atoms with Crippen molar-refractivity contribution in [2.24, 2.45) is 5.73 Å².